The summed E-state index contributed by atoms with van der Waals surface area (Å²) in [7, 11) is 0. The Kier molecular flexibility index (Phi) is 7.57. The molecule has 0 amide bonds. The van der Waals surface area contributed by atoms with Crippen molar-refractivity contribution in [2.45, 2.75) is 68.7 Å². The highest BCUT2D eigenvalue weighted by molar-refractivity contribution is 5.36. The lowest BCUT2D eigenvalue weighted by Crippen LogP contribution is -2.06. The Morgan fingerprint density at radius 3 is 1.45 bits per heavy atom. The van der Waals surface area contributed by atoms with Crippen LogP contribution < -0.4 is 0 Å². The topological polar surface area (TPSA) is 35.6 Å². The number of hydrogen-bond donors (Lipinski definition) is 0. The van der Waals surface area contributed by atoms with E-state index >= 15 is 0 Å². The minimum atomic E-state index is 0.638. The average Bonchev–Trinajstić information content (AvgIpc) is 3.21. The van der Waals surface area contributed by atoms with Gasteiger partial charge in [0.15, 0.2) is 0 Å². The lowest BCUT2D eigenvalue weighted by molar-refractivity contribution is 0.633. The molecule has 0 aliphatic carbocycles. The number of rotatable bonds is 4. The van der Waals surface area contributed by atoms with Gasteiger partial charge >= 0.3 is 0 Å². The van der Waals surface area contributed by atoms with Crippen LogP contribution in [0, 0.1) is 54.4 Å². The Labute approximate surface area is 199 Å². The van der Waals surface area contributed by atoms with Gasteiger partial charge in [0.2, 0.25) is 0 Å². The van der Waals surface area contributed by atoms with Crippen LogP contribution in [0.4, 0.5) is 0 Å². The van der Waals surface area contributed by atoms with Crippen molar-refractivity contribution >= 4 is 0 Å². The molecule has 0 aliphatic rings. The summed E-state index contributed by atoms with van der Waals surface area (Å²) in [6.07, 6.45) is 1.04. The fraction of sp³-hybridized carbons (Fsp3) is 0.379. The molecule has 4 aromatic rings. The molecule has 0 saturated heterocycles. The third kappa shape index (κ3) is 6.01. The van der Waals surface area contributed by atoms with Crippen LogP contribution in [0.1, 0.15) is 59.1 Å². The van der Waals surface area contributed by atoms with Gasteiger partial charge in [-0.1, -0.05) is 13.8 Å². The van der Waals surface area contributed by atoms with Gasteiger partial charge in [0.1, 0.15) is 11.6 Å². The molecule has 4 nitrogen and oxygen atoms in total. The zero-order valence-electron chi connectivity index (χ0n) is 21.7. The molecule has 4 aromatic heterocycles. The maximum atomic E-state index is 4.80. The molecule has 0 unspecified atom stereocenters. The summed E-state index contributed by atoms with van der Waals surface area (Å²) >= 11 is 0. The maximum absolute atomic E-state index is 4.80. The number of nitrogens with zero attached hydrogens (tertiary/aromatic N) is 4. The van der Waals surface area contributed by atoms with Gasteiger partial charge in [-0.2, -0.15) is 0 Å². The lowest BCUT2D eigenvalue weighted by Gasteiger charge is -2.12. The quantitative estimate of drug-likeness (QED) is 0.338. The van der Waals surface area contributed by atoms with Gasteiger partial charge in [-0.15, -0.1) is 0 Å². The summed E-state index contributed by atoms with van der Waals surface area (Å²) in [5.41, 5.74) is 9.72. The molecule has 0 aliphatic heterocycles. The molecule has 0 aromatic carbocycles. The van der Waals surface area contributed by atoms with E-state index in [-0.39, 0.29) is 0 Å². The van der Waals surface area contributed by atoms with E-state index in [1.54, 1.807) is 0 Å². The van der Waals surface area contributed by atoms with E-state index in [1.165, 1.54) is 39.6 Å². The van der Waals surface area contributed by atoms with Crippen molar-refractivity contribution in [3.8, 4) is 11.6 Å². The maximum Gasteiger partial charge on any atom is 0.137 e. The van der Waals surface area contributed by atoms with Crippen LogP contribution in [0.2, 0.25) is 0 Å². The predicted molar refractivity (Wildman–Crippen MR) is 139 cm³/mol. The monoisotopic (exact) mass is 442 g/mol. The van der Waals surface area contributed by atoms with Crippen molar-refractivity contribution < 1.29 is 0 Å². The first-order valence-corrected chi connectivity index (χ1v) is 11.8. The zero-order chi connectivity index (χ0) is 24.3. The molecular weight excluding hydrogens is 404 g/mol. The highest BCUT2D eigenvalue weighted by atomic mass is 15.1. The van der Waals surface area contributed by atoms with Crippen molar-refractivity contribution in [3.63, 3.8) is 0 Å². The summed E-state index contributed by atoms with van der Waals surface area (Å²) in [6.45, 7) is 19.2. The standard InChI is InChI=1S/C16H22N2.C13H16N2/c1-11(2)8-15-9-12(3)10-16(17-15)18-13(4)6-7-14(18)5;1-9-7-10(2)14-13(8-9)15-11(3)5-6-12(15)4/h6-7,9-11H,8H2,1-5H3;5-8H,1-4H3. The van der Waals surface area contributed by atoms with Crippen molar-refractivity contribution in [3.05, 3.63) is 93.8 Å². The molecule has 4 heteroatoms. The first kappa shape index (κ1) is 24.5. The third-order valence-corrected chi connectivity index (χ3v) is 5.71. The summed E-state index contributed by atoms with van der Waals surface area (Å²) in [5.74, 6) is 2.71. The zero-order valence-corrected chi connectivity index (χ0v) is 21.7. The second kappa shape index (κ2) is 10.2. The van der Waals surface area contributed by atoms with Crippen LogP contribution >= 0.6 is 0 Å². The Hall–Kier alpha value is -3.14. The Morgan fingerprint density at radius 2 is 1.03 bits per heavy atom. The van der Waals surface area contributed by atoms with E-state index in [9.17, 15) is 0 Å². The van der Waals surface area contributed by atoms with E-state index in [1.807, 2.05) is 6.92 Å². The molecule has 0 spiro atoms. The van der Waals surface area contributed by atoms with E-state index in [4.69, 9.17) is 4.98 Å². The molecule has 0 N–H and O–H groups in total. The molecule has 4 heterocycles. The predicted octanol–water partition coefficient (Wildman–Crippen LogP) is 7.10. The van der Waals surface area contributed by atoms with Crippen LogP contribution in [0.5, 0.6) is 0 Å². The van der Waals surface area contributed by atoms with Crippen molar-refractivity contribution in [2.75, 3.05) is 0 Å². The molecule has 0 radical (unpaired) electrons. The van der Waals surface area contributed by atoms with Gasteiger partial charge in [-0.25, -0.2) is 9.97 Å². The van der Waals surface area contributed by atoms with Crippen LogP contribution in [-0.4, -0.2) is 19.1 Å². The molecule has 174 valence electrons. The highest BCUT2D eigenvalue weighted by Gasteiger charge is 2.08. The van der Waals surface area contributed by atoms with Crippen molar-refractivity contribution in [1.29, 1.82) is 0 Å². The van der Waals surface area contributed by atoms with Gasteiger partial charge in [-0.05, 0) is 120 Å². The molecule has 4 rings (SSSR count). The number of aryl methyl sites for hydroxylation is 7. The van der Waals surface area contributed by atoms with E-state index in [0.717, 1.165) is 23.8 Å². The summed E-state index contributed by atoms with van der Waals surface area (Å²) < 4.78 is 4.40. The Bertz CT molecular complexity index is 1180. The number of aromatic nitrogens is 4. The normalized spacial score (nSPS) is 11.0. The first-order valence-electron chi connectivity index (χ1n) is 11.8. The van der Waals surface area contributed by atoms with Gasteiger partial charge in [-0.3, -0.25) is 0 Å². The van der Waals surface area contributed by atoms with Crippen LogP contribution in [-0.2, 0) is 6.42 Å². The summed E-state index contributed by atoms with van der Waals surface area (Å²) in [5, 5.41) is 0. The third-order valence-electron chi connectivity index (χ3n) is 5.71. The van der Waals surface area contributed by atoms with E-state index < -0.39 is 0 Å². The first-order chi connectivity index (χ1) is 15.5. The minimum Gasteiger partial charge on any atom is -0.303 e. The van der Waals surface area contributed by atoms with Gasteiger partial charge < -0.3 is 9.13 Å². The molecule has 0 fully saturated rings. The molecular formula is C29H38N4. The van der Waals surface area contributed by atoms with Gasteiger partial charge in [0, 0.05) is 34.2 Å². The molecule has 0 bridgehead atoms. The van der Waals surface area contributed by atoms with Crippen LogP contribution in [0.15, 0.2) is 48.5 Å². The summed E-state index contributed by atoms with van der Waals surface area (Å²) in [6, 6.07) is 17.1. The highest BCUT2D eigenvalue weighted by Crippen LogP contribution is 2.18. The number of pyridine rings is 2. The van der Waals surface area contributed by atoms with Gasteiger partial charge in [0.05, 0.1) is 0 Å². The lowest BCUT2D eigenvalue weighted by atomic mass is 10.1. The van der Waals surface area contributed by atoms with E-state index in [0.29, 0.717) is 5.92 Å². The second-order valence-corrected chi connectivity index (χ2v) is 9.64. The Balaban J connectivity index is 0.000000189. The second-order valence-electron chi connectivity index (χ2n) is 9.64. The average molecular weight is 443 g/mol. The molecule has 0 atom stereocenters. The minimum absolute atomic E-state index is 0.638. The fourth-order valence-corrected chi connectivity index (χ4v) is 4.35. The fourth-order valence-electron chi connectivity index (χ4n) is 4.35. The molecule has 33 heavy (non-hydrogen) atoms. The number of hydrogen-bond acceptors (Lipinski definition) is 2. The largest absolute Gasteiger partial charge is 0.303 e. The summed E-state index contributed by atoms with van der Waals surface area (Å²) in [4.78, 5) is 9.36. The van der Waals surface area contributed by atoms with E-state index in [2.05, 4.69) is 118 Å². The van der Waals surface area contributed by atoms with Gasteiger partial charge in [0.25, 0.3) is 0 Å². The van der Waals surface area contributed by atoms with Crippen molar-refractivity contribution in [2.24, 2.45) is 5.92 Å². The SMILES string of the molecule is Cc1cc(C)nc(-n2c(C)ccc2C)c1.Cc1cc(CC(C)C)nc(-n2c(C)ccc2C)c1. The van der Waals surface area contributed by atoms with Crippen molar-refractivity contribution in [1.82, 2.24) is 19.1 Å². The Morgan fingerprint density at radius 1 is 0.606 bits per heavy atom. The van der Waals surface area contributed by atoms with Crippen LogP contribution in [0.3, 0.4) is 0 Å². The molecule has 0 saturated carbocycles. The smallest absolute Gasteiger partial charge is 0.137 e. The van der Waals surface area contributed by atoms with Crippen LogP contribution in [0.25, 0.3) is 11.6 Å².